The van der Waals surface area contributed by atoms with Crippen molar-refractivity contribution < 1.29 is 12.8 Å². The van der Waals surface area contributed by atoms with Crippen molar-refractivity contribution >= 4 is 10.0 Å². The van der Waals surface area contributed by atoms with Gasteiger partial charge in [-0.25, -0.2) is 13.1 Å². The molecule has 26 heavy (non-hydrogen) atoms. The van der Waals surface area contributed by atoms with Crippen LogP contribution in [0.1, 0.15) is 38.8 Å². The second-order valence-corrected chi connectivity index (χ2v) is 8.96. The second-order valence-electron chi connectivity index (χ2n) is 7.31. The third-order valence-corrected chi connectivity index (χ3v) is 5.16. The van der Waals surface area contributed by atoms with Crippen LogP contribution in [0.4, 0.5) is 0 Å². The molecule has 0 aromatic carbocycles. The van der Waals surface area contributed by atoms with E-state index < -0.39 is 16.1 Å². The van der Waals surface area contributed by atoms with Crippen LogP contribution in [-0.4, -0.2) is 23.6 Å². The molecule has 2 N–H and O–H groups in total. The van der Waals surface area contributed by atoms with E-state index in [1.54, 1.807) is 36.8 Å². The van der Waals surface area contributed by atoms with E-state index >= 15 is 0 Å². The van der Waals surface area contributed by atoms with E-state index in [1.807, 2.05) is 6.07 Å². The molecule has 0 fully saturated rings. The van der Waals surface area contributed by atoms with Crippen LogP contribution in [0.2, 0.25) is 0 Å². The van der Waals surface area contributed by atoms with Gasteiger partial charge in [-0.3, -0.25) is 10.1 Å². The summed E-state index contributed by atoms with van der Waals surface area (Å²) in [6.45, 7) is 6.19. The van der Waals surface area contributed by atoms with Crippen LogP contribution in [-0.2, 0) is 10.0 Å². The minimum atomic E-state index is -3.83. The van der Waals surface area contributed by atoms with Gasteiger partial charge in [0.2, 0.25) is 5.09 Å². The van der Waals surface area contributed by atoms with Crippen molar-refractivity contribution in [1.29, 1.82) is 0 Å². The smallest absolute Gasteiger partial charge is 0.274 e. The van der Waals surface area contributed by atoms with Crippen LogP contribution < -0.4 is 4.72 Å². The number of pyridine rings is 1. The van der Waals surface area contributed by atoms with E-state index in [1.165, 1.54) is 6.07 Å². The summed E-state index contributed by atoms with van der Waals surface area (Å²) in [6.07, 6.45) is 5.53. The fraction of sp³-hybridized carbons (Fsp3) is 0.333. The first-order valence-electron chi connectivity index (χ1n) is 8.26. The zero-order valence-electron chi connectivity index (χ0n) is 14.9. The molecule has 0 aliphatic heterocycles. The fourth-order valence-corrected chi connectivity index (χ4v) is 3.83. The van der Waals surface area contributed by atoms with Crippen molar-refractivity contribution in [3.63, 3.8) is 0 Å². The summed E-state index contributed by atoms with van der Waals surface area (Å²) in [5, 5.41) is 6.46. The number of nitrogens with zero attached hydrogens (tertiary/aromatic N) is 2. The van der Waals surface area contributed by atoms with Gasteiger partial charge in [0.25, 0.3) is 10.0 Å². The predicted molar refractivity (Wildman–Crippen MR) is 97.7 cm³/mol. The molecule has 3 rings (SSSR count). The summed E-state index contributed by atoms with van der Waals surface area (Å²) in [5.41, 5.74) is 1.35. The highest BCUT2D eigenvalue weighted by Crippen LogP contribution is 2.31. The number of furan rings is 1. The molecule has 0 aliphatic rings. The summed E-state index contributed by atoms with van der Waals surface area (Å²) < 4.78 is 33.9. The number of nitrogens with one attached hydrogen (secondary N) is 2. The number of sulfonamides is 1. The lowest BCUT2D eigenvalue weighted by molar-refractivity contribution is 0.329. The maximum absolute atomic E-state index is 12.8. The van der Waals surface area contributed by atoms with E-state index in [2.05, 4.69) is 40.7 Å². The largest absolute Gasteiger partial charge is 0.442 e. The van der Waals surface area contributed by atoms with Crippen molar-refractivity contribution in [2.75, 3.05) is 0 Å². The van der Waals surface area contributed by atoms with Crippen molar-refractivity contribution in [2.45, 2.75) is 38.3 Å². The molecule has 0 bridgehead atoms. The number of hydrogen-bond acceptors (Lipinski definition) is 5. The van der Waals surface area contributed by atoms with Crippen molar-refractivity contribution in [3.05, 3.63) is 54.5 Å². The molecule has 0 aliphatic carbocycles. The topological polar surface area (TPSA) is 101 Å². The summed E-state index contributed by atoms with van der Waals surface area (Å²) in [5.74, 6) is 0.414. The van der Waals surface area contributed by atoms with Crippen molar-refractivity contribution in [1.82, 2.24) is 19.9 Å². The molecule has 3 aromatic rings. The third kappa shape index (κ3) is 4.39. The Morgan fingerprint density at radius 3 is 2.62 bits per heavy atom. The van der Waals surface area contributed by atoms with Crippen LogP contribution in [0, 0.1) is 5.41 Å². The van der Waals surface area contributed by atoms with E-state index in [0.29, 0.717) is 17.9 Å². The third-order valence-electron chi connectivity index (χ3n) is 3.81. The van der Waals surface area contributed by atoms with Gasteiger partial charge < -0.3 is 4.42 Å². The molecule has 0 saturated heterocycles. The summed E-state index contributed by atoms with van der Waals surface area (Å²) in [4.78, 5) is 4.11. The Bertz CT molecular complexity index is 942. The average Bonchev–Trinajstić information content (AvgIpc) is 3.25. The van der Waals surface area contributed by atoms with Crippen LogP contribution in [0.3, 0.4) is 0 Å². The summed E-state index contributed by atoms with van der Waals surface area (Å²) in [7, 11) is -3.83. The van der Waals surface area contributed by atoms with Gasteiger partial charge in [-0.2, -0.15) is 5.10 Å². The standard InChI is InChI=1S/C18H22N4O3S/c1-18(2,3)11-15(13-5-4-9-19-12-13)22-26(23,24)17-7-6-16(25-17)14-8-10-20-21-14/h4-10,12,15,22H,11H2,1-3H3,(H,20,21). The Kier molecular flexibility index (Phi) is 4.97. The summed E-state index contributed by atoms with van der Waals surface area (Å²) >= 11 is 0. The first-order chi connectivity index (χ1) is 12.2. The van der Waals surface area contributed by atoms with Gasteiger partial charge >= 0.3 is 0 Å². The number of aromatic amines is 1. The normalized spacial score (nSPS) is 13.7. The van der Waals surface area contributed by atoms with Crippen LogP contribution in [0.5, 0.6) is 0 Å². The minimum absolute atomic E-state index is 0.0761. The molecule has 1 atom stereocenters. The number of hydrogen-bond donors (Lipinski definition) is 2. The molecule has 138 valence electrons. The van der Waals surface area contributed by atoms with Gasteiger partial charge in [0.05, 0.1) is 0 Å². The zero-order valence-corrected chi connectivity index (χ0v) is 15.7. The monoisotopic (exact) mass is 374 g/mol. The molecular formula is C18H22N4O3S. The van der Waals surface area contributed by atoms with Gasteiger partial charge in [-0.05, 0) is 41.7 Å². The highest BCUT2D eigenvalue weighted by atomic mass is 32.2. The SMILES string of the molecule is CC(C)(C)CC(NS(=O)(=O)c1ccc(-c2ccn[nH]2)o1)c1cccnc1. The van der Waals surface area contributed by atoms with Gasteiger partial charge in [0.15, 0.2) is 5.76 Å². The Morgan fingerprint density at radius 1 is 1.19 bits per heavy atom. The number of H-pyrrole nitrogens is 1. The predicted octanol–water partition coefficient (Wildman–Crippen LogP) is 3.52. The molecule has 7 nitrogen and oxygen atoms in total. The number of aromatic nitrogens is 3. The van der Waals surface area contributed by atoms with Crippen molar-refractivity contribution in [2.24, 2.45) is 5.41 Å². The summed E-state index contributed by atoms with van der Waals surface area (Å²) in [6, 6.07) is 8.00. The van der Waals surface area contributed by atoms with E-state index in [4.69, 9.17) is 4.42 Å². The lowest BCUT2D eigenvalue weighted by Gasteiger charge is -2.26. The molecule has 0 radical (unpaired) electrons. The maximum Gasteiger partial charge on any atom is 0.274 e. The maximum atomic E-state index is 12.8. The molecule has 0 saturated carbocycles. The zero-order chi connectivity index (χ0) is 18.8. The molecule has 0 spiro atoms. The van der Waals surface area contributed by atoms with E-state index in [0.717, 1.165) is 5.56 Å². The Morgan fingerprint density at radius 2 is 2.00 bits per heavy atom. The second kappa shape index (κ2) is 7.05. The van der Waals surface area contributed by atoms with E-state index in [-0.39, 0.29) is 10.5 Å². The highest BCUT2D eigenvalue weighted by Gasteiger charge is 2.28. The van der Waals surface area contributed by atoms with Gasteiger partial charge in [-0.1, -0.05) is 26.8 Å². The molecule has 8 heteroatoms. The molecule has 3 heterocycles. The molecular weight excluding hydrogens is 352 g/mol. The van der Waals surface area contributed by atoms with Crippen molar-refractivity contribution in [3.8, 4) is 11.5 Å². The lowest BCUT2D eigenvalue weighted by Crippen LogP contribution is -2.31. The number of rotatable bonds is 6. The Hall–Kier alpha value is -2.45. The van der Waals surface area contributed by atoms with Crippen LogP contribution >= 0.6 is 0 Å². The average molecular weight is 374 g/mol. The lowest BCUT2D eigenvalue weighted by atomic mass is 9.86. The Balaban J connectivity index is 1.87. The fourth-order valence-electron chi connectivity index (χ4n) is 2.67. The van der Waals surface area contributed by atoms with Gasteiger partial charge in [-0.15, -0.1) is 0 Å². The first-order valence-corrected chi connectivity index (χ1v) is 9.75. The molecule has 0 amide bonds. The quantitative estimate of drug-likeness (QED) is 0.687. The van der Waals surface area contributed by atoms with Gasteiger partial charge in [0, 0.05) is 24.6 Å². The Labute approximate surface area is 152 Å². The van der Waals surface area contributed by atoms with Gasteiger partial charge in [0.1, 0.15) is 5.69 Å². The van der Waals surface area contributed by atoms with Crippen LogP contribution in [0.15, 0.2) is 58.4 Å². The molecule has 1 unspecified atom stereocenters. The van der Waals surface area contributed by atoms with E-state index in [9.17, 15) is 8.42 Å². The highest BCUT2D eigenvalue weighted by molar-refractivity contribution is 7.89. The van der Waals surface area contributed by atoms with Crippen LogP contribution in [0.25, 0.3) is 11.5 Å². The minimum Gasteiger partial charge on any atom is -0.442 e. The molecule has 3 aromatic heterocycles. The first kappa shape index (κ1) is 18.3.